The lowest BCUT2D eigenvalue weighted by Crippen LogP contribution is -2.63. The normalized spacial score (nSPS) is 24.3. The molecule has 1 N–H and O–H groups in total. The highest BCUT2D eigenvalue weighted by atomic mass is 19.3. The molecule has 0 unspecified atom stereocenters. The van der Waals surface area contributed by atoms with E-state index in [1.54, 1.807) is 35.1 Å². The summed E-state index contributed by atoms with van der Waals surface area (Å²) >= 11 is 0. The Labute approximate surface area is 243 Å². The minimum atomic E-state index is -3.00. The average Bonchev–Trinajstić information content (AvgIpc) is 3.06. The summed E-state index contributed by atoms with van der Waals surface area (Å²) in [5.74, 6) is -3.47. The Morgan fingerprint density at radius 2 is 1.86 bits per heavy atom. The minimum absolute atomic E-state index is 0.0148. The number of carbonyl (C=O) groups excluding carboxylic acids is 1. The van der Waals surface area contributed by atoms with Gasteiger partial charge in [-0.1, -0.05) is 26.0 Å². The first-order valence-corrected chi connectivity index (χ1v) is 14.3. The van der Waals surface area contributed by atoms with Crippen molar-refractivity contribution < 1.29 is 32.6 Å². The molecule has 42 heavy (non-hydrogen) atoms. The maximum atomic E-state index is 14.3. The number of anilines is 1. The van der Waals surface area contributed by atoms with Gasteiger partial charge < -0.3 is 19.6 Å². The SMILES string of the molecule is C[C@@H]1CN(CC(=O)N2CC(C)(C)c3ncc(Cc4ccc(F)cc4)cc32)[C@@H](CN2CCOCC(F)(F)C2)CN1C(=O)O. The second kappa shape index (κ2) is 11.8. The second-order valence-electron chi connectivity index (χ2n) is 12.4. The van der Waals surface area contributed by atoms with Crippen LogP contribution in [0.1, 0.15) is 37.6 Å². The van der Waals surface area contributed by atoms with E-state index in [1.165, 1.54) is 17.0 Å². The molecule has 1 aromatic heterocycles. The number of benzene rings is 1. The Hall–Kier alpha value is -3.22. The molecule has 2 atom stereocenters. The summed E-state index contributed by atoms with van der Waals surface area (Å²) < 4.78 is 47.0. The lowest BCUT2D eigenvalue weighted by molar-refractivity contribution is -0.121. The number of piperazine rings is 1. The molecule has 2 fully saturated rings. The van der Waals surface area contributed by atoms with E-state index in [9.17, 15) is 27.9 Å². The summed E-state index contributed by atoms with van der Waals surface area (Å²) in [7, 11) is 0. The number of pyridine rings is 1. The van der Waals surface area contributed by atoms with E-state index in [0.717, 1.165) is 22.5 Å². The molecule has 0 aliphatic carbocycles. The van der Waals surface area contributed by atoms with Crippen molar-refractivity contribution in [3.8, 4) is 0 Å². The van der Waals surface area contributed by atoms with Crippen LogP contribution < -0.4 is 4.90 Å². The van der Waals surface area contributed by atoms with Crippen molar-refractivity contribution in [3.05, 3.63) is 59.2 Å². The van der Waals surface area contributed by atoms with Crippen molar-refractivity contribution in [1.82, 2.24) is 19.7 Å². The smallest absolute Gasteiger partial charge is 0.407 e. The first-order chi connectivity index (χ1) is 19.8. The van der Waals surface area contributed by atoms with E-state index in [4.69, 9.17) is 9.72 Å². The molecule has 5 rings (SSSR count). The maximum Gasteiger partial charge on any atom is 0.407 e. The molecule has 2 amide bonds. The topological polar surface area (TPSA) is 89.5 Å². The van der Waals surface area contributed by atoms with Gasteiger partial charge in [-0.15, -0.1) is 0 Å². The van der Waals surface area contributed by atoms with Crippen molar-refractivity contribution in [2.75, 3.05) is 63.9 Å². The number of fused-ring (bicyclic) bond motifs is 1. The van der Waals surface area contributed by atoms with Gasteiger partial charge in [0.25, 0.3) is 5.92 Å². The molecule has 2 saturated heterocycles. The number of amides is 2. The van der Waals surface area contributed by atoms with E-state index < -0.39 is 31.2 Å². The van der Waals surface area contributed by atoms with Crippen LogP contribution in [0, 0.1) is 5.82 Å². The summed E-state index contributed by atoms with van der Waals surface area (Å²) in [5.41, 5.74) is 2.97. The summed E-state index contributed by atoms with van der Waals surface area (Å²) in [5, 5.41) is 9.77. The molecule has 9 nitrogen and oxygen atoms in total. The molecule has 2 aromatic rings. The molecule has 0 radical (unpaired) electrons. The Morgan fingerprint density at radius 1 is 1.12 bits per heavy atom. The molecular weight excluding hydrogens is 551 g/mol. The summed E-state index contributed by atoms with van der Waals surface area (Å²) in [4.78, 5) is 37.2. The Bertz CT molecular complexity index is 1310. The van der Waals surface area contributed by atoms with Crippen molar-refractivity contribution in [3.63, 3.8) is 0 Å². The third-order valence-corrected chi connectivity index (χ3v) is 8.36. The number of halogens is 3. The van der Waals surface area contributed by atoms with Gasteiger partial charge in [-0.05, 0) is 42.7 Å². The molecule has 0 spiro atoms. The largest absolute Gasteiger partial charge is 0.465 e. The number of hydrogen-bond acceptors (Lipinski definition) is 6. The maximum absolute atomic E-state index is 14.3. The molecule has 0 bridgehead atoms. The van der Waals surface area contributed by atoms with Crippen molar-refractivity contribution in [2.24, 2.45) is 0 Å². The first kappa shape index (κ1) is 30.2. The van der Waals surface area contributed by atoms with Gasteiger partial charge in [-0.3, -0.25) is 19.6 Å². The first-order valence-electron chi connectivity index (χ1n) is 14.3. The van der Waals surface area contributed by atoms with Gasteiger partial charge in [0.2, 0.25) is 5.91 Å². The number of carbonyl (C=O) groups is 2. The number of hydrogen-bond donors (Lipinski definition) is 1. The molecule has 3 aliphatic rings. The Kier molecular flexibility index (Phi) is 8.51. The van der Waals surface area contributed by atoms with Crippen LogP contribution in [0.15, 0.2) is 36.5 Å². The van der Waals surface area contributed by atoms with Gasteiger partial charge >= 0.3 is 6.09 Å². The van der Waals surface area contributed by atoms with Gasteiger partial charge in [0.05, 0.1) is 31.1 Å². The Balaban J connectivity index is 1.36. The van der Waals surface area contributed by atoms with Crippen LogP contribution in [0.25, 0.3) is 0 Å². The highest BCUT2D eigenvalue weighted by Crippen LogP contribution is 2.40. The van der Waals surface area contributed by atoms with Crippen molar-refractivity contribution in [1.29, 1.82) is 0 Å². The highest BCUT2D eigenvalue weighted by molar-refractivity contribution is 5.97. The number of nitrogens with zero attached hydrogens (tertiary/aromatic N) is 5. The third-order valence-electron chi connectivity index (χ3n) is 8.36. The fourth-order valence-electron chi connectivity index (χ4n) is 6.26. The standard InChI is InChI=1S/C30H38F3N5O4/c1-20-13-36(24(15-37(20)28(40)41)14-35-8-9-42-19-30(32,33)18-35)16-26(39)38-17-29(2,3)27-25(38)11-22(12-34-27)10-21-4-6-23(31)7-5-21/h4-7,11-12,20,24H,8-10,13-19H2,1-3H3,(H,40,41)/t20-,24+/m1/s1. The molecule has 12 heteroatoms. The molecule has 4 heterocycles. The number of ether oxygens (including phenoxy) is 1. The minimum Gasteiger partial charge on any atom is -0.465 e. The van der Waals surface area contributed by atoms with Gasteiger partial charge in [0, 0.05) is 56.4 Å². The van der Waals surface area contributed by atoms with Crippen molar-refractivity contribution >= 4 is 17.7 Å². The van der Waals surface area contributed by atoms with Crippen LogP contribution in [0.4, 0.5) is 23.7 Å². The van der Waals surface area contributed by atoms with E-state index in [1.807, 2.05) is 24.8 Å². The Morgan fingerprint density at radius 3 is 2.57 bits per heavy atom. The second-order valence-corrected chi connectivity index (χ2v) is 12.4. The highest BCUT2D eigenvalue weighted by Gasteiger charge is 2.43. The lowest BCUT2D eigenvalue weighted by Gasteiger charge is -2.45. The van der Waals surface area contributed by atoms with Crippen LogP contribution in [-0.2, 0) is 21.4 Å². The van der Waals surface area contributed by atoms with E-state index in [2.05, 4.69) is 0 Å². The number of carboxylic acid groups (broad SMARTS) is 1. The zero-order chi connectivity index (χ0) is 30.2. The van der Waals surface area contributed by atoms with Crippen LogP contribution in [0.3, 0.4) is 0 Å². The molecule has 1 aromatic carbocycles. The van der Waals surface area contributed by atoms with Crippen LogP contribution in [0.5, 0.6) is 0 Å². The van der Waals surface area contributed by atoms with Crippen molar-refractivity contribution in [2.45, 2.75) is 50.6 Å². The van der Waals surface area contributed by atoms with Gasteiger partial charge in [-0.2, -0.15) is 0 Å². The third kappa shape index (κ3) is 6.71. The van der Waals surface area contributed by atoms with Crippen LogP contribution >= 0.6 is 0 Å². The zero-order valence-electron chi connectivity index (χ0n) is 24.2. The summed E-state index contributed by atoms with van der Waals surface area (Å²) in [6, 6.07) is 7.41. The number of rotatable bonds is 6. The monoisotopic (exact) mass is 589 g/mol. The predicted octanol–water partition coefficient (Wildman–Crippen LogP) is 3.46. The van der Waals surface area contributed by atoms with Crippen LogP contribution in [-0.4, -0.2) is 114 Å². The van der Waals surface area contributed by atoms with E-state index in [0.29, 0.717) is 26.1 Å². The average molecular weight is 590 g/mol. The fourth-order valence-corrected chi connectivity index (χ4v) is 6.26. The number of aromatic nitrogens is 1. The molecule has 3 aliphatic heterocycles. The van der Waals surface area contributed by atoms with Gasteiger partial charge in [0.1, 0.15) is 12.4 Å². The van der Waals surface area contributed by atoms with E-state index in [-0.39, 0.29) is 49.4 Å². The summed E-state index contributed by atoms with van der Waals surface area (Å²) in [6.07, 6.45) is 1.25. The zero-order valence-corrected chi connectivity index (χ0v) is 24.2. The lowest BCUT2D eigenvalue weighted by atomic mass is 9.91. The molecular formula is C30H38F3N5O4. The molecule has 228 valence electrons. The van der Waals surface area contributed by atoms with Gasteiger partial charge in [0.15, 0.2) is 0 Å². The summed E-state index contributed by atoms with van der Waals surface area (Å²) in [6.45, 7) is 6.23. The fraction of sp³-hybridized carbons (Fsp3) is 0.567. The van der Waals surface area contributed by atoms with Crippen LogP contribution in [0.2, 0.25) is 0 Å². The molecule has 0 saturated carbocycles. The van der Waals surface area contributed by atoms with E-state index >= 15 is 0 Å². The van der Waals surface area contributed by atoms with Gasteiger partial charge in [-0.25, -0.2) is 18.0 Å². The predicted molar refractivity (Wildman–Crippen MR) is 151 cm³/mol. The number of alkyl halides is 2. The quantitative estimate of drug-likeness (QED) is 0.552.